The molecule has 2 heterocycles. The number of fused-ring (bicyclic) bond motifs is 1. The molecule has 29 heavy (non-hydrogen) atoms. The van der Waals surface area contributed by atoms with Crippen molar-refractivity contribution in [3.05, 3.63) is 82.9 Å². The van der Waals surface area contributed by atoms with Crippen LogP contribution in [0.5, 0.6) is 0 Å². The van der Waals surface area contributed by atoms with Crippen LogP contribution in [0.1, 0.15) is 27.3 Å². The van der Waals surface area contributed by atoms with Crippen molar-refractivity contribution in [1.82, 2.24) is 14.5 Å². The van der Waals surface area contributed by atoms with Gasteiger partial charge in [0, 0.05) is 29.4 Å². The smallest absolute Gasteiger partial charge is 0.249 e. The maximum absolute atomic E-state index is 14.2. The second kappa shape index (κ2) is 7.35. The highest BCUT2D eigenvalue weighted by molar-refractivity contribution is 6.06. The van der Waals surface area contributed by atoms with Crippen LogP contribution in [0.4, 0.5) is 10.2 Å². The molecule has 0 radical (unpaired) electrons. The first-order chi connectivity index (χ1) is 13.9. The van der Waals surface area contributed by atoms with Gasteiger partial charge in [-0.3, -0.25) is 9.36 Å². The van der Waals surface area contributed by atoms with E-state index in [0.717, 1.165) is 23.0 Å². The third kappa shape index (κ3) is 3.67. The molecular formula is C22H20FN5O. The van der Waals surface area contributed by atoms with E-state index in [1.807, 2.05) is 50.2 Å². The number of aromatic nitrogens is 3. The second-order valence-corrected chi connectivity index (χ2v) is 6.91. The van der Waals surface area contributed by atoms with E-state index in [1.165, 1.54) is 6.07 Å². The predicted octanol–water partition coefficient (Wildman–Crippen LogP) is 3.89. The van der Waals surface area contributed by atoms with Gasteiger partial charge >= 0.3 is 0 Å². The summed E-state index contributed by atoms with van der Waals surface area (Å²) in [4.78, 5) is 20.9. The number of halogens is 1. The van der Waals surface area contributed by atoms with E-state index in [4.69, 9.17) is 5.73 Å². The van der Waals surface area contributed by atoms with Gasteiger partial charge in [-0.15, -0.1) is 0 Å². The maximum Gasteiger partial charge on any atom is 0.249 e. The van der Waals surface area contributed by atoms with Gasteiger partial charge in [0.25, 0.3) is 0 Å². The van der Waals surface area contributed by atoms with E-state index >= 15 is 0 Å². The first-order valence-electron chi connectivity index (χ1n) is 9.17. The number of aryl methyl sites for hydroxylation is 2. The second-order valence-electron chi connectivity index (χ2n) is 6.91. The van der Waals surface area contributed by atoms with E-state index < -0.39 is 11.7 Å². The largest absolute Gasteiger partial charge is 0.366 e. The third-order valence-electron chi connectivity index (χ3n) is 4.69. The summed E-state index contributed by atoms with van der Waals surface area (Å²) in [5.74, 6) is -0.166. The summed E-state index contributed by atoms with van der Waals surface area (Å²) >= 11 is 0. The Hall–Kier alpha value is -3.74. The molecule has 2 aromatic carbocycles. The fraction of sp³-hybridized carbons (Fsp3) is 0.136. The standard InChI is InChI=1S/C22H20FN5O/c1-13-8-20(25-12-15-6-4-3-5-7-15)27-22(26-13)28-14(2)9-17-18(21(24)29)10-16(23)11-19(17)28/h3-11H,12H2,1-2H3,(H2,24,29)(H,25,26,27). The Balaban J connectivity index is 1.79. The average Bonchev–Trinajstić information content (AvgIpc) is 3.01. The number of primary amides is 1. The fourth-order valence-corrected chi connectivity index (χ4v) is 3.41. The number of hydrogen-bond acceptors (Lipinski definition) is 4. The van der Waals surface area contributed by atoms with Gasteiger partial charge in [0.05, 0.1) is 11.1 Å². The summed E-state index contributed by atoms with van der Waals surface area (Å²) in [6.07, 6.45) is 0. The van der Waals surface area contributed by atoms with Crippen LogP contribution in [0.3, 0.4) is 0 Å². The summed E-state index contributed by atoms with van der Waals surface area (Å²) in [5.41, 5.74) is 8.73. The first-order valence-corrected chi connectivity index (χ1v) is 9.17. The topological polar surface area (TPSA) is 85.8 Å². The van der Waals surface area contributed by atoms with Crippen LogP contribution in [-0.2, 0) is 6.54 Å². The molecule has 0 saturated heterocycles. The lowest BCUT2D eigenvalue weighted by Gasteiger charge is -2.12. The molecule has 1 amide bonds. The van der Waals surface area contributed by atoms with E-state index in [1.54, 1.807) is 10.6 Å². The number of rotatable bonds is 5. The SMILES string of the molecule is Cc1cc(NCc2ccccc2)nc(-n2c(C)cc3c(C(N)=O)cc(F)cc32)n1. The average molecular weight is 389 g/mol. The lowest BCUT2D eigenvalue weighted by molar-refractivity contribution is 0.100. The summed E-state index contributed by atoms with van der Waals surface area (Å²) < 4.78 is 15.9. The zero-order valence-electron chi connectivity index (χ0n) is 16.1. The number of nitrogens with zero attached hydrogens (tertiary/aromatic N) is 3. The fourth-order valence-electron chi connectivity index (χ4n) is 3.41. The van der Waals surface area contributed by atoms with Crippen LogP contribution in [0.15, 0.2) is 54.6 Å². The van der Waals surface area contributed by atoms with Gasteiger partial charge in [0.1, 0.15) is 11.6 Å². The van der Waals surface area contributed by atoms with Crippen LogP contribution in [0, 0.1) is 19.7 Å². The summed E-state index contributed by atoms with van der Waals surface area (Å²) in [6.45, 7) is 4.34. The lowest BCUT2D eigenvalue weighted by atomic mass is 10.1. The van der Waals surface area contributed by atoms with Crippen molar-refractivity contribution in [2.45, 2.75) is 20.4 Å². The maximum atomic E-state index is 14.2. The normalized spacial score (nSPS) is 11.0. The summed E-state index contributed by atoms with van der Waals surface area (Å²) in [5, 5.41) is 3.87. The third-order valence-corrected chi connectivity index (χ3v) is 4.69. The molecule has 2 aromatic heterocycles. The Labute approximate surface area is 167 Å². The van der Waals surface area contributed by atoms with Crippen molar-refractivity contribution < 1.29 is 9.18 Å². The van der Waals surface area contributed by atoms with E-state index in [0.29, 0.717) is 29.2 Å². The summed E-state index contributed by atoms with van der Waals surface area (Å²) in [6, 6.07) is 16.1. The minimum absolute atomic E-state index is 0.136. The molecule has 0 spiro atoms. The molecule has 0 fully saturated rings. The van der Waals surface area contributed by atoms with Gasteiger partial charge in [0.15, 0.2) is 0 Å². The minimum atomic E-state index is -0.679. The number of anilines is 1. The molecule has 0 saturated carbocycles. The predicted molar refractivity (Wildman–Crippen MR) is 111 cm³/mol. The zero-order valence-corrected chi connectivity index (χ0v) is 16.1. The summed E-state index contributed by atoms with van der Waals surface area (Å²) in [7, 11) is 0. The molecule has 146 valence electrons. The number of amides is 1. The van der Waals surface area contributed by atoms with Gasteiger partial charge in [0.2, 0.25) is 11.9 Å². The molecular weight excluding hydrogens is 369 g/mol. The van der Waals surface area contributed by atoms with E-state index in [2.05, 4.69) is 15.3 Å². The number of hydrogen-bond donors (Lipinski definition) is 2. The highest BCUT2D eigenvalue weighted by Crippen LogP contribution is 2.27. The van der Waals surface area contributed by atoms with Crippen LogP contribution < -0.4 is 11.1 Å². The van der Waals surface area contributed by atoms with Crippen molar-refractivity contribution in [3.8, 4) is 5.95 Å². The molecule has 0 aliphatic carbocycles. The number of carbonyl (C=O) groups excluding carboxylic acids is 1. The highest BCUT2D eigenvalue weighted by Gasteiger charge is 2.17. The quantitative estimate of drug-likeness (QED) is 0.542. The number of nitrogens with one attached hydrogen (secondary N) is 1. The zero-order chi connectivity index (χ0) is 20.5. The van der Waals surface area contributed by atoms with Crippen LogP contribution in [-0.4, -0.2) is 20.4 Å². The van der Waals surface area contributed by atoms with E-state index in [-0.39, 0.29) is 5.56 Å². The molecule has 7 heteroatoms. The molecule has 0 bridgehead atoms. The van der Waals surface area contributed by atoms with Crippen molar-refractivity contribution >= 4 is 22.6 Å². The molecule has 0 atom stereocenters. The monoisotopic (exact) mass is 389 g/mol. The number of benzene rings is 2. The lowest BCUT2D eigenvalue weighted by Crippen LogP contribution is -2.12. The van der Waals surface area contributed by atoms with Crippen LogP contribution >= 0.6 is 0 Å². The Morgan fingerprint density at radius 1 is 1.10 bits per heavy atom. The molecule has 4 aromatic rings. The van der Waals surface area contributed by atoms with Gasteiger partial charge in [-0.25, -0.2) is 9.37 Å². The molecule has 4 rings (SSSR count). The molecule has 0 aliphatic heterocycles. The first kappa shape index (κ1) is 18.6. The van der Waals surface area contributed by atoms with E-state index in [9.17, 15) is 9.18 Å². The van der Waals surface area contributed by atoms with Crippen LogP contribution in [0.25, 0.3) is 16.9 Å². The number of nitrogens with two attached hydrogens (primary N) is 1. The Bertz CT molecular complexity index is 1220. The highest BCUT2D eigenvalue weighted by atomic mass is 19.1. The molecule has 3 N–H and O–H groups in total. The van der Waals surface area contributed by atoms with Crippen molar-refractivity contribution in [3.63, 3.8) is 0 Å². The van der Waals surface area contributed by atoms with Gasteiger partial charge < -0.3 is 11.1 Å². The van der Waals surface area contributed by atoms with Crippen molar-refractivity contribution in [1.29, 1.82) is 0 Å². The van der Waals surface area contributed by atoms with Gasteiger partial charge in [-0.1, -0.05) is 30.3 Å². The Kier molecular flexibility index (Phi) is 4.72. The van der Waals surface area contributed by atoms with Gasteiger partial charge in [-0.05, 0) is 37.6 Å². The molecule has 0 unspecified atom stereocenters. The Morgan fingerprint density at radius 3 is 2.59 bits per heavy atom. The minimum Gasteiger partial charge on any atom is -0.366 e. The molecule has 0 aliphatic rings. The Morgan fingerprint density at radius 2 is 1.86 bits per heavy atom. The van der Waals surface area contributed by atoms with Crippen molar-refractivity contribution in [2.24, 2.45) is 5.73 Å². The van der Waals surface area contributed by atoms with Gasteiger partial charge in [-0.2, -0.15) is 4.98 Å². The van der Waals surface area contributed by atoms with Crippen molar-refractivity contribution in [2.75, 3.05) is 5.32 Å². The molecule has 6 nitrogen and oxygen atoms in total. The van der Waals surface area contributed by atoms with Crippen LogP contribution in [0.2, 0.25) is 0 Å². The number of carbonyl (C=O) groups is 1.